The van der Waals surface area contributed by atoms with Crippen molar-refractivity contribution in [1.82, 2.24) is 0 Å². The van der Waals surface area contributed by atoms with E-state index in [1.165, 1.54) is 31.5 Å². The van der Waals surface area contributed by atoms with Crippen LogP contribution in [0.25, 0.3) is 0 Å². The van der Waals surface area contributed by atoms with Crippen LogP contribution in [0, 0.1) is 6.92 Å². The van der Waals surface area contributed by atoms with Crippen LogP contribution in [0.1, 0.15) is 43.1 Å². The average Bonchev–Trinajstić information content (AvgIpc) is 2.57. The smallest absolute Gasteiger partial charge is 0.308 e. The minimum Gasteiger partial charge on any atom is -0.493 e. The number of carbonyl (C=O) groups excluding carboxylic acids is 2. The lowest BCUT2D eigenvalue weighted by molar-refractivity contribution is -0.131. The topological polar surface area (TPSA) is 52.6 Å². The lowest BCUT2D eigenvalue weighted by atomic mass is 10.1. The van der Waals surface area contributed by atoms with Crippen LogP contribution in [0.3, 0.4) is 0 Å². The van der Waals surface area contributed by atoms with Gasteiger partial charge in [-0.05, 0) is 44.0 Å². The molecular formula is C20H22Cl2O4. The zero-order valence-electron chi connectivity index (χ0n) is 15.3. The van der Waals surface area contributed by atoms with Crippen LogP contribution >= 0.6 is 23.2 Å². The van der Waals surface area contributed by atoms with Gasteiger partial charge in [-0.3, -0.25) is 9.59 Å². The summed E-state index contributed by atoms with van der Waals surface area (Å²) in [5.74, 6) is 0.410. The van der Waals surface area contributed by atoms with Crippen LogP contribution in [0.15, 0.2) is 36.4 Å². The number of hydrogen-bond donors (Lipinski definition) is 0. The molecule has 26 heavy (non-hydrogen) atoms. The van der Waals surface area contributed by atoms with Crippen molar-refractivity contribution in [3.05, 3.63) is 57.6 Å². The quantitative estimate of drug-likeness (QED) is 0.358. The van der Waals surface area contributed by atoms with Crippen LogP contribution in [-0.2, 0) is 4.79 Å². The standard InChI is InChI=1S/C10H8Cl2O3.C10H14O/c1-5(13)7-3-8(11)10(9(12)4-7)15-6(2)14;1-3-8-11-10-7-5-4-6-9(10)2/h3-4H,1-2H3;4-7H,3,8H2,1-2H3. The molecule has 0 radical (unpaired) electrons. The van der Waals surface area contributed by atoms with E-state index in [2.05, 4.69) is 19.9 Å². The number of benzene rings is 2. The third kappa shape index (κ3) is 7.06. The molecule has 0 aliphatic heterocycles. The van der Waals surface area contributed by atoms with E-state index in [1.54, 1.807) is 0 Å². The molecule has 0 atom stereocenters. The summed E-state index contributed by atoms with van der Waals surface area (Å²) in [6, 6.07) is 10.9. The Bertz CT molecular complexity index is 749. The SMILES string of the molecule is CC(=O)Oc1c(Cl)cc(C(C)=O)cc1Cl.CCCOc1ccccc1C. The van der Waals surface area contributed by atoms with Crippen molar-refractivity contribution in [3.63, 3.8) is 0 Å². The number of esters is 1. The highest BCUT2D eigenvalue weighted by molar-refractivity contribution is 6.37. The first-order valence-electron chi connectivity index (χ1n) is 8.13. The van der Waals surface area contributed by atoms with Gasteiger partial charge in [-0.15, -0.1) is 0 Å². The summed E-state index contributed by atoms with van der Waals surface area (Å²) in [7, 11) is 0. The molecule has 0 spiro atoms. The van der Waals surface area contributed by atoms with Crippen molar-refractivity contribution >= 4 is 35.0 Å². The molecule has 4 nitrogen and oxygen atoms in total. The first-order chi connectivity index (χ1) is 12.3. The van der Waals surface area contributed by atoms with Gasteiger partial charge in [0, 0.05) is 12.5 Å². The fourth-order valence-electron chi connectivity index (χ4n) is 1.93. The van der Waals surface area contributed by atoms with Gasteiger partial charge in [-0.25, -0.2) is 0 Å². The lowest BCUT2D eigenvalue weighted by Gasteiger charge is -2.07. The molecule has 0 aliphatic carbocycles. The molecule has 6 heteroatoms. The summed E-state index contributed by atoms with van der Waals surface area (Å²) in [6.45, 7) is 7.62. The maximum absolute atomic E-state index is 11.1. The molecule has 0 aromatic heterocycles. The highest BCUT2D eigenvalue weighted by Crippen LogP contribution is 2.34. The molecule has 0 N–H and O–H groups in total. The number of ketones is 1. The molecule has 0 aliphatic rings. The second-order valence-electron chi connectivity index (χ2n) is 5.53. The summed E-state index contributed by atoms with van der Waals surface area (Å²) in [5.41, 5.74) is 1.59. The maximum Gasteiger partial charge on any atom is 0.308 e. The number of carbonyl (C=O) groups is 2. The van der Waals surface area contributed by atoms with Gasteiger partial charge >= 0.3 is 5.97 Å². The Labute approximate surface area is 164 Å². The molecule has 0 amide bonds. The van der Waals surface area contributed by atoms with Gasteiger partial charge in [0.2, 0.25) is 0 Å². The highest BCUT2D eigenvalue weighted by atomic mass is 35.5. The molecular weight excluding hydrogens is 375 g/mol. The number of Topliss-reactive ketones (excluding diaryl/α,β-unsaturated/α-hetero) is 1. The number of rotatable bonds is 5. The summed E-state index contributed by atoms with van der Waals surface area (Å²) >= 11 is 11.6. The van der Waals surface area contributed by atoms with E-state index >= 15 is 0 Å². The molecule has 0 unspecified atom stereocenters. The molecule has 0 bridgehead atoms. The number of ether oxygens (including phenoxy) is 2. The molecule has 0 heterocycles. The largest absolute Gasteiger partial charge is 0.493 e. The number of hydrogen-bond acceptors (Lipinski definition) is 4. The first kappa shape index (κ1) is 22.0. The van der Waals surface area contributed by atoms with E-state index in [0.29, 0.717) is 5.56 Å². The lowest BCUT2D eigenvalue weighted by Crippen LogP contribution is -2.03. The van der Waals surface area contributed by atoms with Crippen LogP contribution in [0.5, 0.6) is 11.5 Å². The minimum atomic E-state index is -0.519. The van der Waals surface area contributed by atoms with E-state index < -0.39 is 5.97 Å². The Kier molecular flexibility index (Phi) is 9.17. The summed E-state index contributed by atoms with van der Waals surface area (Å²) in [4.78, 5) is 21.8. The molecule has 2 rings (SSSR count). The second-order valence-corrected chi connectivity index (χ2v) is 6.35. The Hall–Kier alpha value is -2.04. The van der Waals surface area contributed by atoms with Crippen molar-refractivity contribution in [3.8, 4) is 11.5 Å². The molecule has 2 aromatic rings. The summed E-state index contributed by atoms with van der Waals surface area (Å²) in [6.07, 6.45) is 1.06. The van der Waals surface area contributed by atoms with E-state index in [0.717, 1.165) is 18.8 Å². The van der Waals surface area contributed by atoms with E-state index in [9.17, 15) is 9.59 Å². The minimum absolute atomic E-state index is 0.0795. The van der Waals surface area contributed by atoms with E-state index in [4.69, 9.17) is 32.7 Å². The first-order valence-corrected chi connectivity index (χ1v) is 8.88. The van der Waals surface area contributed by atoms with Crippen molar-refractivity contribution < 1.29 is 19.1 Å². The zero-order valence-corrected chi connectivity index (χ0v) is 16.8. The van der Waals surface area contributed by atoms with Crippen LogP contribution in [0.4, 0.5) is 0 Å². The van der Waals surface area contributed by atoms with Gasteiger partial charge in [-0.1, -0.05) is 48.3 Å². The zero-order chi connectivity index (χ0) is 19.7. The Balaban J connectivity index is 0.000000273. The van der Waals surface area contributed by atoms with Gasteiger partial charge < -0.3 is 9.47 Å². The maximum atomic E-state index is 11.1. The normalized spacial score (nSPS) is 9.77. The van der Waals surface area contributed by atoms with Crippen LogP contribution in [0.2, 0.25) is 10.0 Å². The van der Waals surface area contributed by atoms with Crippen LogP contribution < -0.4 is 9.47 Å². The van der Waals surface area contributed by atoms with Crippen molar-refractivity contribution in [2.45, 2.75) is 34.1 Å². The fourth-order valence-corrected chi connectivity index (χ4v) is 2.50. The molecule has 140 valence electrons. The van der Waals surface area contributed by atoms with Gasteiger partial charge in [0.05, 0.1) is 16.7 Å². The predicted octanol–water partition coefficient (Wildman–Crippen LogP) is 5.91. The number of halogens is 2. The third-order valence-electron chi connectivity index (χ3n) is 3.21. The molecule has 0 saturated heterocycles. The Morgan fingerprint density at radius 2 is 1.62 bits per heavy atom. The summed E-state index contributed by atoms with van der Waals surface area (Å²) in [5, 5.41) is 0.283. The van der Waals surface area contributed by atoms with E-state index in [1.807, 2.05) is 18.2 Å². The predicted molar refractivity (Wildman–Crippen MR) is 105 cm³/mol. The van der Waals surface area contributed by atoms with Gasteiger partial charge in [-0.2, -0.15) is 0 Å². The van der Waals surface area contributed by atoms with Gasteiger partial charge in [0.15, 0.2) is 11.5 Å². The van der Waals surface area contributed by atoms with Gasteiger partial charge in [0.1, 0.15) is 5.75 Å². The Morgan fingerprint density at radius 3 is 2.08 bits per heavy atom. The molecule has 2 aromatic carbocycles. The number of para-hydroxylation sites is 1. The van der Waals surface area contributed by atoms with Crippen molar-refractivity contribution in [1.29, 1.82) is 0 Å². The van der Waals surface area contributed by atoms with E-state index in [-0.39, 0.29) is 21.6 Å². The van der Waals surface area contributed by atoms with Gasteiger partial charge in [0.25, 0.3) is 0 Å². The highest BCUT2D eigenvalue weighted by Gasteiger charge is 2.13. The second kappa shape index (κ2) is 10.8. The summed E-state index contributed by atoms with van der Waals surface area (Å²) < 4.78 is 10.3. The average molecular weight is 397 g/mol. The van der Waals surface area contributed by atoms with Crippen molar-refractivity contribution in [2.75, 3.05) is 6.61 Å². The third-order valence-corrected chi connectivity index (χ3v) is 3.77. The monoisotopic (exact) mass is 396 g/mol. The van der Waals surface area contributed by atoms with Crippen molar-refractivity contribution in [2.24, 2.45) is 0 Å². The van der Waals surface area contributed by atoms with Crippen LogP contribution in [-0.4, -0.2) is 18.4 Å². The fraction of sp³-hybridized carbons (Fsp3) is 0.300. The molecule has 0 saturated carbocycles. The Morgan fingerprint density at radius 1 is 1.04 bits per heavy atom. The number of aryl methyl sites for hydroxylation is 1. The molecule has 0 fully saturated rings.